The van der Waals surface area contributed by atoms with Crippen LogP contribution in [0.3, 0.4) is 0 Å². The highest BCUT2D eigenvalue weighted by Crippen LogP contribution is 2.28. The SMILES string of the molecule is C[C@H]1CO[C@H](Cc2ccc(F)cc2)CN1CCOc1ccc(Cl)cc1NC(N)=O. The molecule has 1 aliphatic rings. The Labute approximate surface area is 174 Å². The number of urea groups is 1. The molecule has 2 aromatic rings. The average molecular weight is 422 g/mol. The number of benzene rings is 2. The first-order valence-electron chi connectivity index (χ1n) is 9.49. The van der Waals surface area contributed by atoms with Gasteiger partial charge >= 0.3 is 6.03 Å². The highest BCUT2D eigenvalue weighted by atomic mass is 35.5. The second-order valence-electron chi connectivity index (χ2n) is 7.11. The molecule has 1 heterocycles. The zero-order valence-electron chi connectivity index (χ0n) is 16.2. The Balaban J connectivity index is 1.54. The molecule has 0 unspecified atom stereocenters. The lowest BCUT2D eigenvalue weighted by molar-refractivity contribution is -0.0601. The molecule has 29 heavy (non-hydrogen) atoms. The van der Waals surface area contributed by atoms with Crippen molar-refractivity contribution in [3.8, 4) is 5.75 Å². The van der Waals surface area contributed by atoms with E-state index in [-0.39, 0.29) is 18.0 Å². The Kier molecular flexibility index (Phi) is 7.30. The number of primary amides is 1. The quantitative estimate of drug-likeness (QED) is 0.715. The fourth-order valence-electron chi connectivity index (χ4n) is 3.32. The smallest absolute Gasteiger partial charge is 0.316 e. The van der Waals surface area contributed by atoms with Crippen LogP contribution in [0.4, 0.5) is 14.9 Å². The van der Waals surface area contributed by atoms with E-state index in [2.05, 4.69) is 17.1 Å². The largest absolute Gasteiger partial charge is 0.490 e. The number of nitrogens with zero attached hydrogens (tertiary/aromatic N) is 1. The summed E-state index contributed by atoms with van der Waals surface area (Å²) in [5, 5.41) is 3.00. The van der Waals surface area contributed by atoms with Gasteiger partial charge in [0.15, 0.2) is 0 Å². The zero-order valence-corrected chi connectivity index (χ0v) is 17.0. The van der Waals surface area contributed by atoms with Gasteiger partial charge in [0.25, 0.3) is 0 Å². The van der Waals surface area contributed by atoms with E-state index in [1.54, 1.807) is 30.3 Å². The van der Waals surface area contributed by atoms with Crippen LogP contribution in [-0.4, -0.2) is 49.4 Å². The molecule has 0 spiro atoms. The van der Waals surface area contributed by atoms with Crippen LogP contribution in [0.5, 0.6) is 5.75 Å². The van der Waals surface area contributed by atoms with Gasteiger partial charge in [-0.25, -0.2) is 9.18 Å². The Morgan fingerprint density at radius 3 is 2.83 bits per heavy atom. The summed E-state index contributed by atoms with van der Waals surface area (Å²) in [5.41, 5.74) is 6.69. The van der Waals surface area contributed by atoms with Gasteiger partial charge < -0.3 is 20.5 Å². The number of carbonyl (C=O) groups is 1. The van der Waals surface area contributed by atoms with Gasteiger partial charge in [-0.2, -0.15) is 0 Å². The number of nitrogens with two attached hydrogens (primary N) is 1. The van der Waals surface area contributed by atoms with Crippen molar-refractivity contribution in [2.45, 2.75) is 25.5 Å². The standard InChI is InChI=1S/C21H25ClFN3O3/c1-14-13-29-18(10-15-2-5-17(23)6-3-15)12-26(14)8-9-28-20-7-4-16(22)11-19(20)25-21(24)27/h2-7,11,14,18H,8-10,12-13H2,1H3,(H3,24,25,27)/t14-,18+/m0/s1. The van der Waals surface area contributed by atoms with Crippen molar-refractivity contribution in [1.82, 2.24) is 4.90 Å². The number of rotatable bonds is 7. The summed E-state index contributed by atoms with van der Waals surface area (Å²) >= 11 is 5.98. The van der Waals surface area contributed by atoms with Crippen LogP contribution in [0.1, 0.15) is 12.5 Å². The molecule has 1 fully saturated rings. The summed E-state index contributed by atoms with van der Waals surface area (Å²) in [6, 6.07) is 11.1. The fourth-order valence-corrected chi connectivity index (χ4v) is 3.50. The van der Waals surface area contributed by atoms with Gasteiger partial charge in [-0.15, -0.1) is 0 Å². The number of hydrogen-bond donors (Lipinski definition) is 2. The van der Waals surface area contributed by atoms with Gasteiger partial charge in [0.2, 0.25) is 0 Å². The first-order valence-corrected chi connectivity index (χ1v) is 9.87. The van der Waals surface area contributed by atoms with Crippen molar-refractivity contribution in [2.24, 2.45) is 5.73 Å². The molecule has 156 valence electrons. The number of hydrogen-bond acceptors (Lipinski definition) is 4. The molecule has 2 atom stereocenters. The van der Waals surface area contributed by atoms with Crippen LogP contribution in [0.2, 0.25) is 5.02 Å². The lowest BCUT2D eigenvalue weighted by Gasteiger charge is -2.38. The minimum atomic E-state index is -0.678. The molecule has 0 aromatic heterocycles. The monoisotopic (exact) mass is 421 g/mol. The first kappa shape index (κ1) is 21.4. The molecule has 2 aromatic carbocycles. The van der Waals surface area contributed by atoms with Crippen LogP contribution < -0.4 is 15.8 Å². The summed E-state index contributed by atoms with van der Waals surface area (Å²) < 4.78 is 24.9. The van der Waals surface area contributed by atoms with Crippen LogP contribution >= 0.6 is 11.6 Å². The number of halogens is 2. The second-order valence-corrected chi connectivity index (χ2v) is 7.54. The van der Waals surface area contributed by atoms with Crippen LogP contribution in [0.15, 0.2) is 42.5 Å². The van der Waals surface area contributed by atoms with Gasteiger partial charge in [0, 0.05) is 24.2 Å². The van der Waals surface area contributed by atoms with Crippen molar-refractivity contribution >= 4 is 23.3 Å². The molecule has 0 bridgehead atoms. The minimum Gasteiger partial charge on any atom is -0.490 e. The maximum Gasteiger partial charge on any atom is 0.316 e. The highest BCUT2D eigenvalue weighted by molar-refractivity contribution is 6.31. The number of ether oxygens (including phenoxy) is 2. The molecule has 3 rings (SSSR count). The highest BCUT2D eigenvalue weighted by Gasteiger charge is 2.26. The van der Waals surface area contributed by atoms with Gasteiger partial charge in [-0.05, 0) is 49.2 Å². The predicted octanol–water partition coefficient (Wildman–Crippen LogP) is 3.68. The Morgan fingerprint density at radius 2 is 2.10 bits per heavy atom. The molecule has 3 N–H and O–H groups in total. The third-order valence-electron chi connectivity index (χ3n) is 4.85. The van der Waals surface area contributed by atoms with E-state index in [9.17, 15) is 9.18 Å². The molecule has 0 aliphatic carbocycles. The molecular weight excluding hydrogens is 397 g/mol. The topological polar surface area (TPSA) is 76.8 Å². The summed E-state index contributed by atoms with van der Waals surface area (Å²) in [6.45, 7) is 4.62. The summed E-state index contributed by atoms with van der Waals surface area (Å²) in [5.74, 6) is 0.273. The third kappa shape index (κ3) is 6.32. The van der Waals surface area contributed by atoms with Crippen LogP contribution in [0.25, 0.3) is 0 Å². The number of carbonyl (C=O) groups excluding carboxylic acids is 1. The number of amides is 2. The Bertz CT molecular complexity index is 834. The molecule has 2 amide bonds. The molecular formula is C21H25ClFN3O3. The lowest BCUT2D eigenvalue weighted by atomic mass is 10.1. The fraction of sp³-hybridized carbons (Fsp3) is 0.381. The van der Waals surface area contributed by atoms with Crippen molar-refractivity contribution in [2.75, 3.05) is 31.6 Å². The van der Waals surface area contributed by atoms with Crippen molar-refractivity contribution < 1.29 is 18.7 Å². The Hall–Kier alpha value is -2.35. The van der Waals surface area contributed by atoms with E-state index in [1.165, 1.54) is 12.1 Å². The van der Waals surface area contributed by atoms with Crippen LogP contribution in [-0.2, 0) is 11.2 Å². The second kappa shape index (κ2) is 9.91. The normalized spacial score (nSPS) is 19.7. The maximum atomic E-state index is 13.1. The molecule has 0 radical (unpaired) electrons. The van der Waals surface area contributed by atoms with E-state index in [1.807, 2.05) is 0 Å². The van der Waals surface area contributed by atoms with Crippen molar-refractivity contribution in [1.29, 1.82) is 0 Å². The van der Waals surface area contributed by atoms with E-state index < -0.39 is 6.03 Å². The van der Waals surface area contributed by atoms with Crippen molar-refractivity contribution in [3.05, 3.63) is 58.9 Å². The summed E-state index contributed by atoms with van der Waals surface area (Å²) in [4.78, 5) is 13.5. The lowest BCUT2D eigenvalue weighted by Crippen LogP contribution is -2.50. The summed E-state index contributed by atoms with van der Waals surface area (Å²) in [7, 11) is 0. The summed E-state index contributed by atoms with van der Waals surface area (Å²) in [6.07, 6.45) is 0.771. The van der Waals surface area contributed by atoms with Crippen molar-refractivity contribution in [3.63, 3.8) is 0 Å². The third-order valence-corrected chi connectivity index (χ3v) is 5.08. The maximum absolute atomic E-state index is 13.1. The van der Waals surface area contributed by atoms with Crippen LogP contribution in [0, 0.1) is 5.82 Å². The number of nitrogens with one attached hydrogen (secondary N) is 1. The zero-order chi connectivity index (χ0) is 20.8. The molecule has 1 aliphatic heterocycles. The number of anilines is 1. The van der Waals surface area contributed by atoms with Gasteiger partial charge in [-0.3, -0.25) is 4.90 Å². The van der Waals surface area contributed by atoms with E-state index in [0.29, 0.717) is 36.2 Å². The minimum absolute atomic E-state index is 0.0410. The molecule has 1 saturated heterocycles. The van der Waals surface area contributed by atoms with E-state index in [0.717, 1.165) is 18.5 Å². The number of morpholine rings is 1. The van der Waals surface area contributed by atoms with Gasteiger partial charge in [-0.1, -0.05) is 23.7 Å². The van der Waals surface area contributed by atoms with Gasteiger partial charge in [0.1, 0.15) is 18.2 Å². The molecule has 0 saturated carbocycles. The molecule has 6 nitrogen and oxygen atoms in total. The molecule has 8 heteroatoms. The first-order chi connectivity index (χ1) is 13.9. The Morgan fingerprint density at radius 1 is 1.34 bits per heavy atom. The average Bonchev–Trinajstić information content (AvgIpc) is 2.67. The predicted molar refractivity (Wildman–Crippen MR) is 111 cm³/mol. The van der Waals surface area contributed by atoms with E-state index in [4.69, 9.17) is 26.8 Å². The van der Waals surface area contributed by atoms with Gasteiger partial charge in [0.05, 0.1) is 18.4 Å². The van der Waals surface area contributed by atoms with E-state index >= 15 is 0 Å².